The molecule has 5 nitrogen and oxygen atoms in total. The molecule has 2 fully saturated rings. The summed E-state index contributed by atoms with van der Waals surface area (Å²) in [5.74, 6) is 0.841. The maximum atomic E-state index is 5.64. The van der Waals surface area contributed by atoms with Crippen LogP contribution in [0.4, 0.5) is 0 Å². The van der Waals surface area contributed by atoms with Gasteiger partial charge < -0.3 is 15.4 Å². The van der Waals surface area contributed by atoms with Crippen LogP contribution in [0.5, 0.6) is 0 Å². The molecule has 0 bridgehead atoms. The van der Waals surface area contributed by atoms with E-state index in [-0.39, 0.29) is 0 Å². The second-order valence-corrected chi connectivity index (χ2v) is 7.10. The normalized spacial score (nSPS) is 22.1. The average Bonchev–Trinajstić information content (AvgIpc) is 3.18. The van der Waals surface area contributed by atoms with Crippen molar-refractivity contribution in [1.29, 1.82) is 0 Å². The van der Waals surface area contributed by atoms with E-state index in [1.807, 2.05) is 7.05 Å². The number of hydrogen-bond acceptors (Lipinski definition) is 3. The van der Waals surface area contributed by atoms with Crippen LogP contribution in [0.15, 0.2) is 29.3 Å². The van der Waals surface area contributed by atoms with Crippen LogP contribution in [0.1, 0.15) is 43.2 Å². The SMILES string of the molecule is CN=C(NCc1ccc(CN2CCCCC2)cc1)NCC1CCCO1. The number of nitrogens with one attached hydrogen (secondary N) is 2. The Morgan fingerprint density at radius 2 is 1.84 bits per heavy atom. The van der Waals surface area contributed by atoms with E-state index in [0.29, 0.717) is 6.10 Å². The first-order valence-electron chi connectivity index (χ1n) is 9.70. The highest BCUT2D eigenvalue weighted by atomic mass is 16.5. The van der Waals surface area contributed by atoms with Crippen LogP contribution in [0.2, 0.25) is 0 Å². The predicted octanol–water partition coefficient (Wildman–Crippen LogP) is 2.52. The van der Waals surface area contributed by atoms with Gasteiger partial charge in [0.1, 0.15) is 0 Å². The van der Waals surface area contributed by atoms with Crippen LogP contribution < -0.4 is 10.6 Å². The van der Waals surface area contributed by atoms with E-state index in [2.05, 4.69) is 44.8 Å². The summed E-state index contributed by atoms with van der Waals surface area (Å²) in [5, 5.41) is 6.74. The van der Waals surface area contributed by atoms with Crippen molar-refractivity contribution in [2.45, 2.75) is 51.3 Å². The first kappa shape index (κ1) is 18.2. The number of guanidine groups is 1. The summed E-state index contributed by atoms with van der Waals surface area (Å²) < 4.78 is 5.64. The highest BCUT2D eigenvalue weighted by Gasteiger charge is 2.15. The zero-order valence-electron chi connectivity index (χ0n) is 15.5. The molecule has 2 aliphatic rings. The van der Waals surface area contributed by atoms with Crippen molar-refractivity contribution in [2.75, 3.05) is 33.3 Å². The third kappa shape index (κ3) is 6.01. The van der Waals surface area contributed by atoms with Gasteiger partial charge in [-0.05, 0) is 49.9 Å². The second kappa shape index (κ2) is 9.78. The van der Waals surface area contributed by atoms with Gasteiger partial charge in [-0.15, -0.1) is 0 Å². The van der Waals surface area contributed by atoms with Gasteiger partial charge in [0, 0.05) is 33.3 Å². The molecule has 0 aliphatic carbocycles. The summed E-state index contributed by atoms with van der Waals surface area (Å²) in [6.07, 6.45) is 6.72. The number of ether oxygens (including phenoxy) is 1. The Bertz CT molecular complexity index is 531. The lowest BCUT2D eigenvalue weighted by Crippen LogP contribution is -2.40. The fraction of sp³-hybridized carbons (Fsp3) is 0.650. The van der Waals surface area contributed by atoms with Crippen LogP contribution in [0.3, 0.4) is 0 Å². The topological polar surface area (TPSA) is 48.9 Å². The molecule has 2 heterocycles. The van der Waals surface area contributed by atoms with E-state index in [1.165, 1.54) is 49.9 Å². The number of rotatable bonds is 6. The van der Waals surface area contributed by atoms with Gasteiger partial charge in [-0.1, -0.05) is 30.7 Å². The second-order valence-electron chi connectivity index (χ2n) is 7.10. The molecule has 0 spiro atoms. The lowest BCUT2D eigenvalue weighted by atomic mass is 10.1. The van der Waals surface area contributed by atoms with Crippen molar-refractivity contribution in [1.82, 2.24) is 15.5 Å². The molecule has 1 unspecified atom stereocenters. The molecule has 2 aliphatic heterocycles. The molecule has 1 aromatic rings. The quantitative estimate of drug-likeness (QED) is 0.615. The standard InChI is InChI=1S/C20H32N4O/c1-21-20(23-15-19-6-5-13-25-19)22-14-17-7-9-18(10-8-17)16-24-11-3-2-4-12-24/h7-10,19H,2-6,11-16H2,1H3,(H2,21,22,23). The van der Waals surface area contributed by atoms with E-state index in [1.54, 1.807) is 0 Å². The van der Waals surface area contributed by atoms with Crippen molar-refractivity contribution >= 4 is 5.96 Å². The molecule has 5 heteroatoms. The third-order valence-corrected chi connectivity index (χ3v) is 5.08. The molecule has 0 amide bonds. The van der Waals surface area contributed by atoms with E-state index in [0.717, 1.165) is 38.6 Å². The van der Waals surface area contributed by atoms with Gasteiger partial charge >= 0.3 is 0 Å². The number of benzene rings is 1. The van der Waals surface area contributed by atoms with Crippen molar-refractivity contribution in [2.24, 2.45) is 4.99 Å². The summed E-state index contributed by atoms with van der Waals surface area (Å²) in [5.41, 5.74) is 2.69. The summed E-state index contributed by atoms with van der Waals surface area (Å²) in [6.45, 7) is 6.08. The lowest BCUT2D eigenvalue weighted by molar-refractivity contribution is 0.114. The monoisotopic (exact) mass is 344 g/mol. The van der Waals surface area contributed by atoms with Crippen LogP contribution in [-0.4, -0.2) is 50.3 Å². The first-order chi connectivity index (χ1) is 12.3. The minimum Gasteiger partial charge on any atom is -0.376 e. The van der Waals surface area contributed by atoms with E-state index < -0.39 is 0 Å². The number of aliphatic imine (C=N–C) groups is 1. The van der Waals surface area contributed by atoms with Gasteiger partial charge in [0.25, 0.3) is 0 Å². The van der Waals surface area contributed by atoms with E-state index in [4.69, 9.17) is 4.74 Å². The number of nitrogens with zero attached hydrogens (tertiary/aromatic N) is 2. The van der Waals surface area contributed by atoms with Gasteiger partial charge in [-0.25, -0.2) is 0 Å². The molecule has 0 aromatic heterocycles. The smallest absolute Gasteiger partial charge is 0.191 e. The molecule has 1 aromatic carbocycles. The van der Waals surface area contributed by atoms with Crippen LogP contribution >= 0.6 is 0 Å². The highest BCUT2D eigenvalue weighted by molar-refractivity contribution is 5.79. The summed E-state index contributed by atoms with van der Waals surface area (Å²) in [4.78, 5) is 6.85. The molecule has 0 saturated carbocycles. The third-order valence-electron chi connectivity index (χ3n) is 5.08. The molecule has 25 heavy (non-hydrogen) atoms. The predicted molar refractivity (Wildman–Crippen MR) is 103 cm³/mol. The largest absolute Gasteiger partial charge is 0.376 e. The first-order valence-corrected chi connectivity index (χ1v) is 9.70. The number of hydrogen-bond donors (Lipinski definition) is 2. The summed E-state index contributed by atoms with van der Waals surface area (Å²) in [7, 11) is 1.81. The zero-order valence-corrected chi connectivity index (χ0v) is 15.5. The van der Waals surface area contributed by atoms with E-state index in [9.17, 15) is 0 Å². The van der Waals surface area contributed by atoms with Crippen molar-refractivity contribution in [3.05, 3.63) is 35.4 Å². The van der Waals surface area contributed by atoms with Crippen molar-refractivity contribution < 1.29 is 4.74 Å². The maximum Gasteiger partial charge on any atom is 0.191 e. The van der Waals surface area contributed by atoms with Crippen LogP contribution in [0.25, 0.3) is 0 Å². The zero-order chi connectivity index (χ0) is 17.3. The lowest BCUT2D eigenvalue weighted by Gasteiger charge is -2.26. The fourth-order valence-electron chi connectivity index (χ4n) is 3.56. The Labute approximate surface area is 151 Å². The summed E-state index contributed by atoms with van der Waals surface area (Å²) in [6, 6.07) is 8.96. The molecule has 138 valence electrons. The Kier molecular flexibility index (Phi) is 7.12. The molecule has 3 rings (SSSR count). The molecular formula is C20H32N4O. The molecular weight excluding hydrogens is 312 g/mol. The molecule has 2 N–H and O–H groups in total. The average molecular weight is 345 g/mol. The minimum atomic E-state index is 0.327. The van der Waals surface area contributed by atoms with Crippen molar-refractivity contribution in [3.63, 3.8) is 0 Å². The minimum absolute atomic E-state index is 0.327. The van der Waals surface area contributed by atoms with Crippen molar-refractivity contribution in [3.8, 4) is 0 Å². The Morgan fingerprint density at radius 3 is 2.52 bits per heavy atom. The fourth-order valence-corrected chi connectivity index (χ4v) is 3.56. The Morgan fingerprint density at radius 1 is 1.08 bits per heavy atom. The van der Waals surface area contributed by atoms with Gasteiger partial charge in [0.2, 0.25) is 0 Å². The number of piperidine rings is 1. The molecule has 1 atom stereocenters. The van der Waals surface area contributed by atoms with Gasteiger partial charge in [-0.3, -0.25) is 9.89 Å². The highest BCUT2D eigenvalue weighted by Crippen LogP contribution is 2.14. The molecule has 0 radical (unpaired) electrons. The molecule has 2 saturated heterocycles. The Balaban J connectivity index is 1.40. The number of likely N-dealkylation sites (tertiary alicyclic amines) is 1. The van der Waals surface area contributed by atoms with Gasteiger partial charge in [0.05, 0.1) is 6.10 Å². The summed E-state index contributed by atoms with van der Waals surface area (Å²) >= 11 is 0. The Hall–Kier alpha value is -1.59. The van der Waals surface area contributed by atoms with Gasteiger partial charge in [0.15, 0.2) is 5.96 Å². The maximum absolute atomic E-state index is 5.64. The van der Waals surface area contributed by atoms with Gasteiger partial charge in [-0.2, -0.15) is 0 Å². The van der Waals surface area contributed by atoms with E-state index >= 15 is 0 Å². The van der Waals surface area contributed by atoms with Crippen LogP contribution in [0, 0.1) is 0 Å². The van der Waals surface area contributed by atoms with Crippen LogP contribution in [-0.2, 0) is 17.8 Å².